The SMILES string of the molecule is O=C(CCCC1CNNN1)NC1CCN(C(=O)OCc2cc(Br)cc(C(F)(F)F)c2)CC1. The van der Waals surface area contributed by atoms with Gasteiger partial charge in [0.2, 0.25) is 5.91 Å². The van der Waals surface area contributed by atoms with Crippen LogP contribution in [0.5, 0.6) is 0 Å². The molecule has 2 fully saturated rings. The highest BCUT2D eigenvalue weighted by Gasteiger charge is 2.31. The van der Waals surface area contributed by atoms with Crippen LogP contribution < -0.4 is 21.7 Å². The van der Waals surface area contributed by atoms with Gasteiger partial charge in [0.15, 0.2) is 0 Å². The van der Waals surface area contributed by atoms with Crippen molar-refractivity contribution in [1.82, 2.24) is 26.6 Å². The minimum atomic E-state index is -4.48. The molecule has 3 rings (SSSR count). The number of hydrogen-bond acceptors (Lipinski definition) is 6. The monoisotopic (exact) mass is 521 g/mol. The topological polar surface area (TPSA) is 94.7 Å². The Bertz CT molecular complexity index is 797. The molecule has 32 heavy (non-hydrogen) atoms. The quantitative estimate of drug-likeness (QED) is 0.440. The predicted octanol–water partition coefficient (Wildman–Crippen LogP) is 2.84. The molecule has 1 atom stereocenters. The summed E-state index contributed by atoms with van der Waals surface area (Å²) in [5.41, 5.74) is 8.31. The van der Waals surface area contributed by atoms with Gasteiger partial charge in [-0.25, -0.2) is 15.6 Å². The maximum absolute atomic E-state index is 12.9. The molecule has 2 heterocycles. The van der Waals surface area contributed by atoms with Crippen LogP contribution in [0.2, 0.25) is 0 Å². The maximum Gasteiger partial charge on any atom is 0.416 e. The van der Waals surface area contributed by atoms with E-state index >= 15 is 0 Å². The van der Waals surface area contributed by atoms with Crippen LogP contribution in [0.4, 0.5) is 18.0 Å². The molecule has 1 aromatic rings. The summed E-state index contributed by atoms with van der Waals surface area (Å²) in [6.45, 7) is 1.40. The summed E-state index contributed by atoms with van der Waals surface area (Å²) >= 11 is 3.05. The number of carbonyl (C=O) groups is 2. The van der Waals surface area contributed by atoms with Crippen molar-refractivity contribution in [2.24, 2.45) is 0 Å². The number of ether oxygens (including phenoxy) is 1. The lowest BCUT2D eigenvalue weighted by Crippen LogP contribution is -2.46. The van der Waals surface area contributed by atoms with Crippen molar-refractivity contribution < 1.29 is 27.5 Å². The Hall–Kier alpha value is -1.89. The summed E-state index contributed by atoms with van der Waals surface area (Å²) in [5, 5.41) is 3.01. The van der Waals surface area contributed by atoms with E-state index in [9.17, 15) is 22.8 Å². The Morgan fingerprint density at radius 1 is 1.22 bits per heavy atom. The smallest absolute Gasteiger partial charge is 0.416 e. The van der Waals surface area contributed by atoms with Gasteiger partial charge < -0.3 is 15.0 Å². The molecule has 1 aromatic carbocycles. The second kappa shape index (κ2) is 11.3. The van der Waals surface area contributed by atoms with Crippen molar-refractivity contribution in [3.63, 3.8) is 0 Å². The van der Waals surface area contributed by atoms with Crippen LogP contribution in [0.15, 0.2) is 22.7 Å². The second-order valence-corrected chi connectivity index (χ2v) is 8.88. The van der Waals surface area contributed by atoms with E-state index in [4.69, 9.17) is 4.74 Å². The molecule has 4 N–H and O–H groups in total. The predicted molar refractivity (Wildman–Crippen MR) is 114 cm³/mol. The van der Waals surface area contributed by atoms with Crippen molar-refractivity contribution in [2.75, 3.05) is 19.6 Å². The normalized spacial score (nSPS) is 19.8. The van der Waals surface area contributed by atoms with E-state index in [1.807, 2.05) is 0 Å². The Morgan fingerprint density at radius 2 is 1.97 bits per heavy atom. The summed E-state index contributed by atoms with van der Waals surface area (Å²) in [6, 6.07) is 3.74. The average Bonchev–Trinajstić information content (AvgIpc) is 3.25. The van der Waals surface area contributed by atoms with E-state index < -0.39 is 17.8 Å². The Balaban J connectivity index is 1.36. The number of halogens is 4. The zero-order valence-electron chi connectivity index (χ0n) is 17.4. The Labute approximate surface area is 192 Å². The molecule has 2 aliphatic rings. The molecule has 0 spiro atoms. The molecule has 0 aliphatic carbocycles. The summed E-state index contributed by atoms with van der Waals surface area (Å²) in [7, 11) is 0. The number of benzene rings is 1. The fourth-order valence-corrected chi connectivity index (χ4v) is 4.24. The molecular formula is C20H27BrF3N5O3. The van der Waals surface area contributed by atoms with Crippen LogP contribution in [0, 0.1) is 0 Å². The van der Waals surface area contributed by atoms with E-state index in [-0.39, 0.29) is 28.6 Å². The Kier molecular flexibility index (Phi) is 8.74. The van der Waals surface area contributed by atoms with Gasteiger partial charge >= 0.3 is 12.3 Å². The van der Waals surface area contributed by atoms with Gasteiger partial charge in [0.1, 0.15) is 6.61 Å². The van der Waals surface area contributed by atoms with Gasteiger partial charge in [-0.1, -0.05) is 15.9 Å². The van der Waals surface area contributed by atoms with Gasteiger partial charge in [-0.3, -0.25) is 4.79 Å². The third kappa shape index (κ3) is 7.61. The van der Waals surface area contributed by atoms with E-state index in [2.05, 4.69) is 37.6 Å². The summed E-state index contributed by atoms with van der Waals surface area (Å²) in [6.07, 6.45) is -1.72. The largest absolute Gasteiger partial charge is 0.445 e. The van der Waals surface area contributed by atoms with Gasteiger partial charge in [-0.05, 0) is 49.4 Å². The summed E-state index contributed by atoms with van der Waals surface area (Å²) < 4.78 is 44.3. The van der Waals surface area contributed by atoms with Crippen molar-refractivity contribution in [2.45, 2.75) is 57.0 Å². The molecule has 2 amide bonds. The van der Waals surface area contributed by atoms with Crippen molar-refractivity contribution in [3.05, 3.63) is 33.8 Å². The van der Waals surface area contributed by atoms with Crippen LogP contribution in [0.25, 0.3) is 0 Å². The van der Waals surface area contributed by atoms with E-state index in [0.717, 1.165) is 31.5 Å². The first-order chi connectivity index (χ1) is 15.2. The van der Waals surface area contributed by atoms with Crippen LogP contribution in [-0.4, -0.2) is 48.6 Å². The van der Waals surface area contributed by atoms with Crippen LogP contribution >= 0.6 is 15.9 Å². The zero-order valence-corrected chi connectivity index (χ0v) is 19.0. The van der Waals surface area contributed by atoms with Crippen molar-refractivity contribution in [1.29, 1.82) is 0 Å². The van der Waals surface area contributed by atoms with Gasteiger partial charge in [0.25, 0.3) is 0 Å². The molecule has 2 aliphatic heterocycles. The molecule has 8 nitrogen and oxygen atoms in total. The fraction of sp³-hybridized carbons (Fsp3) is 0.600. The average molecular weight is 522 g/mol. The third-order valence-electron chi connectivity index (χ3n) is 5.44. The number of nitrogens with zero attached hydrogens (tertiary/aromatic N) is 1. The van der Waals surface area contributed by atoms with Gasteiger partial charge in [0.05, 0.1) is 5.56 Å². The summed E-state index contributed by atoms with van der Waals surface area (Å²) in [4.78, 5) is 25.9. The zero-order chi connectivity index (χ0) is 23.1. The first-order valence-electron chi connectivity index (χ1n) is 10.5. The number of carbonyl (C=O) groups excluding carboxylic acids is 2. The van der Waals surface area contributed by atoms with Crippen LogP contribution in [0.1, 0.15) is 43.2 Å². The number of hydrogen-bond donors (Lipinski definition) is 4. The van der Waals surface area contributed by atoms with Gasteiger partial charge in [-0.15, -0.1) is 0 Å². The maximum atomic E-state index is 12.9. The first-order valence-corrected chi connectivity index (χ1v) is 11.3. The molecule has 0 aromatic heterocycles. The lowest BCUT2D eigenvalue weighted by atomic mass is 10.0. The lowest BCUT2D eigenvalue weighted by Gasteiger charge is -2.31. The number of piperidine rings is 1. The molecule has 2 saturated heterocycles. The number of hydrazine groups is 2. The van der Waals surface area contributed by atoms with Gasteiger partial charge in [0, 0.05) is 42.6 Å². The number of likely N-dealkylation sites (tertiary alicyclic amines) is 1. The van der Waals surface area contributed by atoms with E-state index in [1.54, 1.807) is 0 Å². The number of nitrogens with one attached hydrogen (secondary N) is 4. The Morgan fingerprint density at radius 3 is 2.62 bits per heavy atom. The van der Waals surface area contributed by atoms with E-state index in [0.29, 0.717) is 38.4 Å². The van der Waals surface area contributed by atoms with Gasteiger partial charge in [-0.2, -0.15) is 18.7 Å². The molecule has 0 radical (unpaired) electrons. The minimum Gasteiger partial charge on any atom is -0.445 e. The molecule has 0 saturated carbocycles. The molecule has 12 heteroatoms. The highest BCUT2D eigenvalue weighted by atomic mass is 79.9. The molecule has 178 valence electrons. The molecular weight excluding hydrogens is 495 g/mol. The van der Waals surface area contributed by atoms with Crippen molar-refractivity contribution >= 4 is 27.9 Å². The highest BCUT2D eigenvalue weighted by molar-refractivity contribution is 9.10. The molecule has 0 bridgehead atoms. The number of amides is 2. The summed E-state index contributed by atoms with van der Waals surface area (Å²) in [5.74, 6) is 0.0000604. The number of rotatable bonds is 7. The standard InChI is InChI=1S/C20H27BrF3N5O3/c21-15-9-13(8-14(10-15)20(22,23)24)12-32-19(31)29-6-4-16(5-7-29)26-18(30)3-1-2-17-11-25-28-27-17/h8-10,16-17,25,27-28H,1-7,11-12H2,(H,26,30). The van der Waals surface area contributed by atoms with Crippen LogP contribution in [-0.2, 0) is 22.3 Å². The van der Waals surface area contributed by atoms with Crippen molar-refractivity contribution in [3.8, 4) is 0 Å². The van der Waals surface area contributed by atoms with E-state index in [1.165, 1.54) is 11.0 Å². The first kappa shape index (κ1) is 24.7. The number of alkyl halides is 3. The fourth-order valence-electron chi connectivity index (χ4n) is 3.70. The van der Waals surface area contributed by atoms with Crippen LogP contribution in [0.3, 0.4) is 0 Å². The minimum absolute atomic E-state index is 0.0000604. The third-order valence-corrected chi connectivity index (χ3v) is 5.89. The molecule has 1 unspecified atom stereocenters. The highest BCUT2D eigenvalue weighted by Crippen LogP contribution is 2.32. The lowest BCUT2D eigenvalue weighted by molar-refractivity contribution is -0.137. The second-order valence-electron chi connectivity index (χ2n) is 7.97.